The molecule has 0 aliphatic heterocycles. The van der Waals surface area contributed by atoms with E-state index < -0.39 is 0 Å². The fourth-order valence-electron chi connectivity index (χ4n) is 3.30. The van der Waals surface area contributed by atoms with Crippen LogP contribution in [0, 0.1) is 0 Å². The smallest absolute Gasteiger partial charge is 0.234 e. The second-order valence-electron chi connectivity index (χ2n) is 7.74. The first-order valence-electron chi connectivity index (χ1n) is 10.6. The molecule has 1 unspecified atom stereocenters. The summed E-state index contributed by atoms with van der Waals surface area (Å²) in [5, 5.41) is 12.2. The molecule has 2 aromatic carbocycles. The zero-order chi connectivity index (χ0) is 22.4. The van der Waals surface area contributed by atoms with Crippen LogP contribution in [0.15, 0.2) is 53.7 Å². The van der Waals surface area contributed by atoms with Gasteiger partial charge < -0.3 is 14.6 Å². The number of anilines is 1. The minimum absolute atomic E-state index is 0.0667. The summed E-state index contributed by atoms with van der Waals surface area (Å²) in [6.07, 6.45) is 0.738. The zero-order valence-electron chi connectivity index (χ0n) is 18.8. The van der Waals surface area contributed by atoms with Crippen molar-refractivity contribution in [3.8, 4) is 5.75 Å². The molecule has 1 heterocycles. The Morgan fingerprint density at radius 3 is 2.48 bits per heavy atom. The van der Waals surface area contributed by atoms with Gasteiger partial charge in [0.05, 0.1) is 5.75 Å². The number of ether oxygens (including phenoxy) is 1. The van der Waals surface area contributed by atoms with Crippen molar-refractivity contribution >= 4 is 23.4 Å². The summed E-state index contributed by atoms with van der Waals surface area (Å²) in [5.41, 5.74) is 3.25. The molecule has 6 nitrogen and oxygen atoms in total. The van der Waals surface area contributed by atoms with Crippen LogP contribution in [0.2, 0.25) is 0 Å². The van der Waals surface area contributed by atoms with Gasteiger partial charge in [-0.25, -0.2) is 0 Å². The molecule has 0 radical (unpaired) electrons. The fraction of sp³-hybridized carbons (Fsp3) is 0.375. The lowest BCUT2D eigenvalue weighted by atomic mass is 10.0. The van der Waals surface area contributed by atoms with Gasteiger partial charge in [0.1, 0.15) is 5.75 Å². The number of aromatic nitrogens is 3. The Hall–Kier alpha value is -2.80. The summed E-state index contributed by atoms with van der Waals surface area (Å²) in [4.78, 5) is 12.5. The van der Waals surface area contributed by atoms with Crippen molar-refractivity contribution in [3.63, 3.8) is 0 Å². The average Bonchev–Trinajstić information content (AvgIpc) is 3.13. The van der Waals surface area contributed by atoms with Crippen LogP contribution in [0.1, 0.15) is 56.7 Å². The first-order valence-corrected chi connectivity index (χ1v) is 11.5. The van der Waals surface area contributed by atoms with Crippen molar-refractivity contribution in [2.45, 2.75) is 51.3 Å². The molecule has 31 heavy (non-hydrogen) atoms. The number of thioether (sulfide) groups is 1. The van der Waals surface area contributed by atoms with Crippen molar-refractivity contribution in [3.05, 3.63) is 65.5 Å². The molecular formula is C24H30N4O2S. The predicted octanol–water partition coefficient (Wildman–Crippen LogP) is 5.37. The van der Waals surface area contributed by atoms with E-state index in [1.165, 1.54) is 17.3 Å². The molecule has 0 saturated carbocycles. The van der Waals surface area contributed by atoms with Gasteiger partial charge >= 0.3 is 0 Å². The van der Waals surface area contributed by atoms with Crippen molar-refractivity contribution in [2.24, 2.45) is 7.05 Å². The van der Waals surface area contributed by atoms with Gasteiger partial charge in [0, 0.05) is 12.7 Å². The molecule has 1 aromatic heterocycles. The third-order valence-corrected chi connectivity index (χ3v) is 6.09. The van der Waals surface area contributed by atoms with Crippen molar-refractivity contribution in [2.75, 3.05) is 11.1 Å². The summed E-state index contributed by atoms with van der Waals surface area (Å²) < 4.78 is 7.90. The highest BCUT2D eigenvalue weighted by Crippen LogP contribution is 2.26. The Balaban J connectivity index is 1.59. The van der Waals surface area contributed by atoms with E-state index in [4.69, 9.17) is 4.74 Å². The number of rotatable bonds is 9. The average molecular weight is 439 g/mol. The Kier molecular flexibility index (Phi) is 7.74. The molecule has 1 amide bonds. The van der Waals surface area contributed by atoms with Gasteiger partial charge in [-0.05, 0) is 48.6 Å². The molecule has 0 saturated heterocycles. The normalized spacial score (nSPS) is 12.1. The minimum atomic E-state index is -0.258. The highest BCUT2D eigenvalue weighted by Gasteiger charge is 2.18. The van der Waals surface area contributed by atoms with Crippen LogP contribution in [-0.4, -0.2) is 26.4 Å². The van der Waals surface area contributed by atoms with E-state index in [2.05, 4.69) is 48.4 Å². The van der Waals surface area contributed by atoms with Gasteiger partial charge in [-0.2, -0.15) is 0 Å². The highest BCUT2D eigenvalue weighted by atomic mass is 32.2. The van der Waals surface area contributed by atoms with Crippen LogP contribution in [0.5, 0.6) is 5.75 Å². The zero-order valence-corrected chi connectivity index (χ0v) is 19.6. The third kappa shape index (κ3) is 5.88. The fourth-order valence-corrected chi connectivity index (χ4v) is 4.02. The molecule has 0 fully saturated rings. The quantitative estimate of drug-likeness (QED) is 0.455. The van der Waals surface area contributed by atoms with E-state index in [-0.39, 0.29) is 17.8 Å². The third-order valence-electron chi connectivity index (χ3n) is 5.07. The van der Waals surface area contributed by atoms with E-state index in [1.54, 1.807) is 0 Å². The molecule has 0 aliphatic carbocycles. The van der Waals surface area contributed by atoms with Gasteiger partial charge in [-0.3, -0.25) is 4.79 Å². The summed E-state index contributed by atoms with van der Waals surface area (Å²) in [6, 6.07) is 16.0. The van der Waals surface area contributed by atoms with E-state index in [0.717, 1.165) is 23.4 Å². The molecule has 164 valence electrons. The molecule has 3 rings (SSSR count). The summed E-state index contributed by atoms with van der Waals surface area (Å²) in [5.74, 6) is 2.04. The first-order chi connectivity index (χ1) is 14.9. The Morgan fingerprint density at radius 1 is 1.10 bits per heavy atom. The molecule has 1 N–H and O–H groups in total. The van der Waals surface area contributed by atoms with E-state index in [0.29, 0.717) is 16.9 Å². The number of benzene rings is 2. The molecule has 1 atom stereocenters. The Morgan fingerprint density at radius 2 is 1.81 bits per heavy atom. The SMILES string of the molecule is CCc1ccc(OC(C)c2nnc(SCC(=O)Nc3ccccc3C(C)C)n2C)cc1. The van der Waals surface area contributed by atoms with E-state index >= 15 is 0 Å². The van der Waals surface area contributed by atoms with Crippen molar-refractivity contribution < 1.29 is 9.53 Å². The van der Waals surface area contributed by atoms with Crippen LogP contribution in [0.3, 0.4) is 0 Å². The number of hydrogen-bond donors (Lipinski definition) is 1. The standard InChI is InChI=1S/C24H30N4O2S/c1-6-18-11-13-19(14-12-18)30-17(4)23-26-27-24(28(23)5)31-15-22(29)25-21-10-8-7-9-20(21)16(2)3/h7-14,16-17H,6,15H2,1-5H3,(H,25,29). The summed E-state index contributed by atoms with van der Waals surface area (Å²) >= 11 is 1.36. The minimum Gasteiger partial charge on any atom is -0.483 e. The Labute approximate surface area is 188 Å². The molecule has 7 heteroatoms. The maximum atomic E-state index is 12.5. The molecule has 0 aliphatic rings. The van der Waals surface area contributed by atoms with Gasteiger partial charge in [0.25, 0.3) is 0 Å². The number of nitrogens with zero attached hydrogens (tertiary/aromatic N) is 3. The van der Waals surface area contributed by atoms with E-state index in [9.17, 15) is 4.79 Å². The number of carbonyl (C=O) groups excluding carboxylic acids is 1. The maximum Gasteiger partial charge on any atom is 0.234 e. The summed E-state index contributed by atoms with van der Waals surface area (Å²) in [7, 11) is 1.89. The van der Waals surface area contributed by atoms with Crippen LogP contribution in [0.4, 0.5) is 5.69 Å². The lowest BCUT2D eigenvalue weighted by Crippen LogP contribution is -2.16. The first kappa shape index (κ1) is 22.9. The lowest BCUT2D eigenvalue weighted by molar-refractivity contribution is -0.113. The highest BCUT2D eigenvalue weighted by molar-refractivity contribution is 7.99. The van der Waals surface area contributed by atoms with Gasteiger partial charge in [0.2, 0.25) is 5.91 Å². The number of amides is 1. The van der Waals surface area contributed by atoms with Crippen LogP contribution in [0.25, 0.3) is 0 Å². The van der Waals surface area contributed by atoms with E-state index in [1.807, 2.05) is 54.9 Å². The van der Waals surface area contributed by atoms with Crippen molar-refractivity contribution in [1.29, 1.82) is 0 Å². The van der Waals surface area contributed by atoms with Gasteiger partial charge in [0.15, 0.2) is 17.1 Å². The maximum absolute atomic E-state index is 12.5. The van der Waals surface area contributed by atoms with Gasteiger partial charge in [-0.15, -0.1) is 10.2 Å². The van der Waals surface area contributed by atoms with Crippen LogP contribution < -0.4 is 10.1 Å². The second kappa shape index (κ2) is 10.5. The van der Waals surface area contributed by atoms with Gasteiger partial charge in [-0.1, -0.05) is 62.9 Å². The van der Waals surface area contributed by atoms with Crippen LogP contribution >= 0.6 is 11.8 Å². The molecule has 0 spiro atoms. The molecule has 0 bridgehead atoms. The van der Waals surface area contributed by atoms with Crippen LogP contribution in [-0.2, 0) is 18.3 Å². The molecular weight excluding hydrogens is 408 g/mol. The number of carbonyl (C=O) groups is 1. The topological polar surface area (TPSA) is 69.0 Å². The second-order valence-corrected chi connectivity index (χ2v) is 8.68. The lowest BCUT2D eigenvalue weighted by Gasteiger charge is -2.15. The number of nitrogens with one attached hydrogen (secondary N) is 1. The predicted molar refractivity (Wildman–Crippen MR) is 126 cm³/mol. The number of para-hydroxylation sites is 1. The largest absolute Gasteiger partial charge is 0.483 e. The number of hydrogen-bond acceptors (Lipinski definition) is 5. The monoisotopic (exact) mass is 438 g/mol. The number of aryl methyl sites for hydroxylation is 1. The Bertz CT molecular complexity index is 1010. The molecule has 3 aromatic rings. The summed E-state index contributed by atoms with van der Waals surface area (Å²) in [6.45, 7) is 8.30. The van der Waals surface area contributed by atoms with Crippen molar-refractivity contribution in [1.82, 2.24) is 14.8 Å².